The van der Waals surface area contributed by atoms with Gasteiger partial charge in [-0.25, -0.2) is 9.97 Å². The molecule has 2 heterocycles. The molecule has 0 saturated heterocycles. The monoisotopic (exact) mass is 428 g/mol. The molecule has 4 nitrogen and oxygen atoms in total. The van der Waals surface area contributed by atoms with Crippen molar-refractivity contribution in [3.05, 3.63) is 23.0 Å². The Morgan fingerprint density at radius 2 is 1.37 bits per heavy atom. The maximum atomic E-state index is 6.65. The topological polar surface area (TPSA) is 50.2 Å². The molecule has 1 aromatic rings. The standard InChI is InChI=1S/C25H37ClN4/c26-24-22-16-12-8-4-7-11-15-21(22)23-19(17-27-24)18-28-25(30-23)29-20-13-9-5-2-1-3-6-10-14-20/h18,20H,1-17H2,(H,28,29,30). The van der Waals surface area contributed by atoms with Gasteiger partial charge in [-0.2, -0.15) is 0 Å². The number of rotatable bonds is 2. The van der Waals surface area contributed by atoms with Gasteiger partial charge in [0.15, 0.2) is 0 Å². The summed E-state index contributed by atoms with van der Waals surface area (Å²) in [5.74, 6) is 0.792. The van der Waals surface area contributed by atoms with Gasteiger partial charge in [-0.15, -0.1) is 0 Å². The molecule has 0 bridgehead atoms. The quantitative estimate of drug-likeness (QED) is 0.532. The zero-order chi connectivity index (χ0) is 20.6. The largest absolute Gasteiger partial charge is 0.351 e. The third kappa shape index (κ3) is 5.84. The molecule has 0 spiro atoms. The first kappa shape index (κ1) is 21.8. The Hall–Kier alpha value is -1.42. The second-order valence-corrected chi connectivity index (χ2v) is 9.65. The molecule has 1 aromatic heterocycles. The number of hydrogen-bond acceptors (Lipinski definition) is 4. The van der Waals surface area contributed by atoms with Crippen LogP contribution < -0.4 is 5.32 Å². The number of aliphatic imine (C=N–C) groups is 1. The fraction of sp³-hybridized carbons (Fsp3) is 0.720. The van der Waals surface area contributed by atoms with E-state index < -0.39 is 0 Å². The van der Waals surface area contributed by atoms with E-state index >= 15 is 0 Å². The summed E-state index contributed by atoms with van der Waals surface area (Å²) in [5.41, 5.74) is 4.78. The van der Waals surface area contributed by atoms with Crippen molar-refractivity contribution in [1.29, 1.82) is 0 Å². The van der Waals surface area contributed by atoms with Crippen LogP contribution in [-0.2, 0) is 6.54 Å². The third-order valence-electron chi connectivity index (χ3n) is 6.94. The Bertz CT molecular complexity index is 760. The molecule has 0 atom stereocenters. The molecule has 5 heteroatoms. The van der Waals surface area contributed by atoms with Crippen molar-refractivity contribution in [2.45, 2.75) is 115 Å². The van der Waals surface area contributed by atoms with Crippen LogP contribution in [0.2, 0.25) is 0 Å². The lowest BCUT2D eigenvalue weighted by atomic mass is 9.96. The molecule has 1 saturated carbocycles. The number of fused-ring (bicyclic) bond motifs is 2. The van der Waals surface area contributed by atoms with Crippen LogP contribution in [0.3, 0.4) is 0 Å². The highest BCUT2D eigenvalue weighted by atomic mass is 35.5. The van der Waals surface area contributed by atoms with Gasteiger partial charge in [0.25, 0.3) is 0 Å². The molecule has 0 amide bonds. The maximum Gasteiger partial charge on any atom is 0.223 e. The van der Waals surface area contributed by atoms with Gasteiger partial charge in [0, 0.05) is 17.8 Å². The predicted molar refractivity (Wildman–Crippen MR) is 127 cm³/mol. The van der Waals surface area contributed by atoms with Gasteiger partial charge in [0.2, 0.25) is 5.95 Å². The molecule has 4 rings (SSSR count). The van der Waals surface area contributed by atoms with Crippen LogP contribution in [0, 0.1) is 0 Å². The highest BCUT2D eigenvalue weighted by Gasteiger charge is 2.23. The van der Waals surface area contributed by atoms with E-state index in [9.17, 15) is 0 Å². The van der Waals surface area contributed by atoms with Crippen molar-refractivity contribution < 1.29 is 0 Å². The van der Waals surface area contributed by atoms with E-state index in [4.69, 9.17) is 16.6 Å². The Balaban J connectivity index is 1.57. The SMILES string of the molecule is ClC1=NCc2cnc(NC3CCCCCCCCC3)nc2C2=C1CCCCCCC2. The summed E-state index contributed by atoms with van der Waals surface area (Å²) < 4.78 is 0. The van der Waals surface area contributed by atoms with Gasteiger partial charge >= 0.3 is 0 Å². The number of hydrogen-bond donors (Lipinski definition) is 1. The van der Waals surface area contributed by atoms with E-state index in [-0.39, 0.29) is 0 Å². The fourth-order valence-corrected chi connectivity index (χ4v) is 5.43. The lowest BCUT2D eigenvalue weighted by Gasteiger charge is -2.21. The highest BCUT2D eigenvalue weighted by molar-refractivity contribution is 6.70. The first-order valence-electron chi connectivity index (χ1n) is 12.4. The van der Waals surface area contributed by atoms with Gasteiger partial charge in [0.05, 0.1) is 12.2 Å². The van der Waals surface area contributed by atoms with E-state index in [0.717, 1.165) is 30.0 Å². The number of halogens is 1. The van der Waals surface area contributed by atoms with Crippen LogP contribution in [-0.4, -0.2) is 21.2 Å². The van der Waals surface area contributed by atoms with E-state index in [0.29, 0.717) is 17.8 Å². The van der Waals surface area contributed by atoms with Gasteiger partial charge in [-0.3, -0.25) is 4.99 Å². The second kappa shape index (κ2) is 11.3. The summed E-state index contributed by atoms with van der Waals surface area (Å²) in [6, 6.07) is 0.487. The summed E-state index contributed by atoms with van der Waals surface area (Å²) >= 11 is 6.65. The minimum absolute atomic E-state index is 0.487. The van der Waals surface area contributed by atoms with Crippen molar-refractivity contribution in [2.75, 3.05) is 5.32 Å². The first-order chi connectivity index (χ1) is 14.8. The molecule has 30 heavy (non-hydrogen) atoms. The van der Waals surface area contributed by atoms with Crippen LogP contribution >= 0.6 is 11.6 Å². The Morgan fingerprint density at radius 3 is 2.07 bits per heavy atom. The number of anilines is 1. The third-order valence-corrected chi connectivity index (χ3v) is 7.29. The molecule has 1 fully saturated rings. The van der Waals surface area contributed by atoms with Crippen molar-refractivity contribution in [2.24, 2.45) is 4.99 Å². The zero-order valence-corrected chi connectivity index (χ0v) is 19.2. The molecule has 0 unspecified atom stereocenters. The van der Waals surface area contributed by atoms with Crippen molar-refractivity contribution in [1.82, 2.24) is 9.97 Å². The van der Waals surface area contributed by atoms with Gasteiger partial charge < -0.3 is 5.32 Å². The molecule has 0 radical (unpaired) electrons. The van der Waals surface area contributed by atoms with Gasteiger partial charge in [0.1, 0.15) is 5.17 Å². The zero-order valence-electron chi connectivity index (χ0n) is 18.4. The minimum Gasteiger partial charge on any atom is -0.351 e. The van der Waals surface area contributed by atoms with Gasteiger partial charge in [-0.05, 0) is 49.7 Å². The summed E-state index contributed by atoms with van der Waals surface area (Å²) in [5, 5.41) is 4.40. The van der Waals surface area contributed by atoms with Crippen LogP contribution in [0.1, 0.15) is 114 Å². The number of nitrogens with one attached hydrogen (secondary N) is 1. The second-order valence-electron chi connectivity index (χ2n) is 9.29. The Kier molecular flexibility index (Phi) is 8.19. The summed E-state index contributed by atoms with van der Waals surface area (Å²) in [6.07, 6.45) is 22.3. The minimum atomic E-state index is 0.487. The molecular formula is C25H37ClN4. The Labute approximate surface area is 187 Å². The van der Waals surface area contributed by atoms with E-state index in [1.807, 2.05) is 6.20 Å². The smallest absolute Gasteiger partial charge is 0.223 e. The molecule has 0 aromatic carbocycles. The van der Waals surface area contributed by atoms with Gasteiger partial charge in [-0.1, -0.05) is 75.8 Å². The molecule has 3 aliphatic rings. The van der Waals surface area contributed by atoms with Crippen LogP contribution in [0.15, 0.2) is 16.8 Å². The summed E-state index contributed by atoms with van der Waals surface area (Å²) in [4.78, 5) is 14.4. The highest BCUT2D eigenvalue weighted by Crippen LogP contribution is 2.35. The van der Waals surface area contributed by atoms with Crippen molar-refractivity contribution >= 4 is 28.3 Å². The molecular weight excluding hydrogens is 392 g/mol. The normalized spacial score (nSPS) is 22.5. The number of aromatic nitrogens is 2. The Morgan fingerprint density at radius 1 is 0.767 bits per heavy atom. The average Bonchev–Trinajstić information content (AvgIpc) is 2.83. The van der Waals surface area contributed by atoms with Crippen LogP contribution in [0.4, 0.5) is 5.95 Å². The summed E-state index contributed by atoms with van der Waals surface area (Å²) in [7, 11) is 0. The van der Waals surface area contributed by atoms with Crippen LogP contribution in [0.25, 0.3) is 5.57 Å². The fourth-order valence-electron chi connectivity index (χ4n) is 5.16. The number of nitrogens with zero attached hydrogens (tertiary/aromatic N) is 3. The summed E-state index contributed by atoms with van der Waals surface area (Å²) in [6.45, 7) is 0.588. The lowest BCUT2D eigenvalue weighted by molar-refractivity contribution is 0.475. The average molecular weight is 429 g/mol. The molecule has 2 aliphatic carbocycles. The van der Waals surface area contributed by atoms with E-state index in [1.165, 1.54) is 101 Å². The van der Waals surface area contributed by atoms with Crippen LogP contribution in [0.5, 0.6) is 0 Å². The van der Waals surface area contributed by atoms with Crippen molar-refractivity contribution in [3.63, 3.8) is 0 Å². The van der Waals surface area contributed by atoms with Crippen molar-refractivity contribution in [3.8, 4) is 0 Å². The lowest BCUT2D eigenvalue weighted by Crippen LogP contribution is -2.22. The van der Waals surface area contributed by atoms with E-state index in [1.54, 1.807) is 0 Å². The van der Waals surface area contributed by atoms with E-state index in [2.05, 4.69) is 15.3 Å². The maximum absolute atomic E-state index is 6.65. The molecule has 164 valence electrons. The predicted octanol–water partition coefficient (Wildman–Crippen LogP) is 7.43. The first-order valence-corrected chi connectivity index (χ1v) is 12.7. The number of allylic oxidation sites excluding steroid dienone is 2. The molecule has 1 N–H and O–H groups in total. The molecule has 1 aliphatic heterocycles.